The molecule has 0 spiro atoms. The number of rotatable bonds is 5. The van der Waals surface area contributed by atoms with Crippen LogP contribution >= 0.6 is 7.67 Å². The molecule has 2 rings (SSSR count). The number of benzene rings is 1. The number of hydrogen-bond donors (Lipinski definition) is 1. The van der Waals surface area contributed by atoms with Crippen molar-refractivity contribution in [2.75, 3.05) is 13.1 Å². The predicted molar refractivity (Wildman–Crippen MR) is 66.0 cm³/mol. The molecule has 18 heavy (non-hydrogen) atoms. The number of nitrogens with zero attached hydrogens (tertiary/aromatic N) is 2. The monoisotopic (exact) mass is 271 g/mol. The number of nitro benzene ring substituents is 1. The largest absolute Gasteiger partial charge is 0.341 e. The SMILES string of the molecule is Cc1ccc(COP(N)(=O)N2CC2)c([N+](=O)[O-])c1. The molecule has 0 bridgehead atoms. The lowest BCUT2D eigenvalue weighted by Gasteiger charge is -2.13. The number of nitrogens with two attached hydrogens (primary N) is 1. The summed E-state index contributed by atoms with van der Waals surface area (Å²) >= 11 is 0. The van der Waals surface area contributed by atoms with Crippen LogP contribution in [0, 0.1) is 17.0 Å². The Morgan fingerprint density at radius 1 is 1.56 bits per heavy atom. The lowest BCUT2D eigenvalue weighted by Crippen LogP contribution is -2.08. The fourth-order valence-corrected chi connectivity index (χ4v) is 2.67. The first-order chi connectivity index (χ1) is 8.40. The summed E-state index contributed by atoms with van der Waals surface area (Å²) in [7, 11) is -3.27. The van der Waals surface area contributed by atoms with Gasteiger partial charge in [0.2, 0.25) is 0 Å². The first kappa shape index (κ1) is 13.2. The van der Waals surface area contributed by atoms with E-state index in [0.29, 0.717) is 18.7 Å². The molecule has 8 heteroatoms. The van der Waals surface area contributed by atoms with Crippen LogP contribution in [0.3, 0.4) is 0 Å². The van der Waals surface area contributed by atoms with Crippen LogP contribution in [0.25, 0.3) is 0 Å². The van der Waals surface area contributed by atoms with E-state index >= 15 is 0 Å². The van der Waals surface area contributed by atoms with Gasteiger partial charge in [0.1, 0.15) is 0 Å². The van der Waals surface area contributed by atoms with Crippen LogP contribution in [0.4, 0.5) is 5.69 Å². The highest BCUT2D eigenvalue weighted by atomic mass is 31.2. The fourth-order valence-electron chi connectivity index (χ4n) is 1.53. The van der Waals surface area contributed by atoms with Crippen molar-refractivity contribution < 1.29 is 14.0 Å². The normalized spacial score (nSPS) is 18.3. The number of aryl methyl sites for hydroxylation is 1. The Morgan fingerprint density at radius 3 is 2.78 bits per heavy atom. The van der Waals surface area contributed by atoms with Crippen molar-refractivity contribution >= 4 is 13.4 Å². The topological polar surface area (TPSA) is 98.5 Å². The molecule has 1 aromatic rings. The summed E-state index contributed by atoms with van der Waals surface area (Å²) in [6.07, 6.45) is 0. The zero-order chi connectivity index (χ0) is 13.3. The van der Waals surface area contributed by atoms with E-state index in [4.69, 9.17) is 10.0 Å². The van der Waals surface area contributed by atoms with Gasteiger partial charge in [-0.25, -0.2) is 10.2 Å². The Kier molecular flexibility index (Phi) is 3.49. The van der Waals surface area contributed by atoms with Gasteiger partial charge in [0.25, 0.3) is 5.69 Å². The molecule has 1 heterocycles. The second-order valence-electron chi connectivity index (χ2n) is 4.18. The summed E-state index contributed by atoms with van der Waals surface area (Å²) in [5.41, 5.74) is 6.63. The van der Waals surface area contributed by atoms with Crippen molar-refractivity contribution in [3.8, 4) is 0 Å². The van der Waals surface area contributed by atoms with Gasteiger partial charge in [0, 0.05) is 19.2 Å². The standard InChI is InChI=1S/C10H14N3O4P/c1-8-2-3-9(10(6-8)13(14)15)7-17-18(11,16)12-4-5-12/h2-3,6H,4-5,7H2,1H3,(H2,11,16). The fraction of sp³-hybridized carbons (Fsp3) is 0.400. The maximum atomic E-state index is 11.8. The third-order valence-electron chi connectivity index (χ3n) is 2.66. The maximum absolute atomic E-state index is 11.8. The van der Waals surface area contributed by atoms with Crippen LogP contribution in [-0.4, -0.2) is 22.7 Å². The summed E-state index contributed by atoms with van der Waals surface area (Å²) < 4.78 is 18.4. The van der Waals surface area contributed by atoms with E-state index in [1.54, 1.807) is 19.1 Å². The van der Waals surface area contributed by atoms with Gasteiger partial charge in [0.15, 0.2) is 0 Å². The predicted octanol–water partition coefficient (Wildman–Crippen LogP) is 1.80. The van der Waals surface area contributed by atoms with Crippen molar-refractivity contribution in [1.82, 2.24) is 4.67 Å². The summed E-state index contributed by atoms with van der Waals surface area (Å²) in [6, 6.07) is 4.79. The minimum absolute atomic E-state index is 0.0409. The third-order valence-corrected chi connectivity index (χ3v) is 4.35. The summed E-state index contributed by atoms with van der Waals surface area (Å²) in [4.78, 5) is 10.4. The van der Waals surface area contributed by atoms with Gasteiger partial charge < -0.3 is 4.52 Å². The molecule has 1 saturated heterocycles. The average Bonchev–Trinajstić information content (AvgIpc) is 3.11. The zero-order valence-electron chi connectivity index (χ0n) is 9.91. The quantitative estimate of drug-likeness (QED) is 0.379. The number of nitro groups is 1. The molecule has 7 nitrogen and oxygen atoms in total. The van der Waals surface area contributed by atoms with Gasteiger partial charge in [0.05, 0.1) is 17.1 Å². The van der Waals surface area contributed by atoms with Crippen LogP contribution < -0.4 is 5.50 Å². The molecule has 98 valence electrons. The van der Waals surface area contributed by atoms with Gasteiger partial charge in [-0.1, -0.05) is 6.07 Å². The molecule has 1 unspecified atom stereocenters. The highest BCUT2D eigenvalue weighted by molar-refractivity contribution is 7.54. The Labute approximate surface area is 104 Å². The van der Waals surface area contributed by atoms with Crippen molar-refractivity contribution in [1.29, 1.82) is 0 Å². The van der Waals surface area contributed by atoms with E-state index in [-0.39, 0.29) is 12.3 Å². The van der Waals surface area contributed by atoms with E-state index in [1.807, 2.05) is 0 Å². The van der Waals surface area contributed by atoms with Crippen LogP contribution in [0.2, 0.25) is 0 Å². The summed E-state index contributed by atoms with van der Waals surface area (Å²) in [5.74, 6) is 0. The minimum Gasteiger partial charge on any atom is -0.301 e. The Balaban J connectivity index is 2.13. The second kappa shape index (κ2) is 4.78. The van der Waals surface area contributed by atoms with E-state index in [0.717, 1.165) is 5.56 Å². The van der Waals surface area contributed by atoms with E-state index in [2.05, 4.69) is 0 Å². The molecule has 1 atom stereocenters. The van der Waals surface area contributed by atoms with Crippen LogP contribution in [-0.2, 0) is 15.7 Å². The Bertz CT molecular complexity index is 530. The molecule has 1 aromatic carbocycles. The van der Waals surface area contributed by atoms with E-state index < -0.39 is 12.6 Å². The summed E-state index contributed by atoms with van der Waals surface area (Å²) in [6.45, 7) is 2.93. The molecule has 0 radical (unpaired) electrons. The first-order valence-corrected chi connectivity index (χ1v) is 7.07. The lowest BCUT2D eigenvalue weighted by molar-refractivity contribution is -0.385. The number of hydrogen-bond acceptors (Lipinski definition) is 4. The maximum Gasteiger partial charge on any atom is 0.341 e. The van der Waals surface area contributed by atoms with E-state index in [1.165, 1.54) is 10.7 Å². The highest BCUT2D eigenvalue weighted by Crippen LogP contribution is 2.48. The Hall–Kier alpha value is -1.27. The zero-order valence-corrected chi connectivity index (χ0v) is 10.8. The van der Waals surface area contributed by atoms with Crippen LogP contribution in [0.5, 0.6) is 0 Å². The third kappa shape index (κ3) is 2.94. The molecule has 1 aliphatic rings. The summed E-state index contributed by atoms with van der Waals surface area (Å²) in [5, 5.41) is 10.9. The average molecular weight is 271 g/mol. The molecule has 0 aliphatic carbocycles. The molecular weight excluding hydrogens is 257 g/mol. The van der Waals surface area contributed by atoms with Crippen molar-refractivity contribution in [2.24, 2.45) is 5.50 Å². The first-order valence-electron chi connectivity index (χ1n) is 5.42. The Morgan fingerprint density at radius 2 is 2.22 bits per heavy atom. The van der Waals surface area contributed by atoms with Gasteiger partial charge in [-0.2, -0.15) is 0 Å². The van der Waals surface area contributed by atoms with Crippen LogP contribution in [0.1, 0.15) is 11.1 Å². The van der Waals surface area contributed by atoms with Gasteiger partial charge in [-0.15, -0.1) is 0 Å². The molecule has 1 aliphatic heterocycles. The van der Waals surface area contributed by atoms with Crippen molar-refractivity contribution in [3.05, 3.63) is 39.4 Å². The second-order valence-corrected chi connectivity index (χ2v) is 6.13. The molecule has 0 aromatic heterocycles. The highest BCUT2D eigenvalue weighted by Gasteiger charge is 2.36. The smallest absolute Gasteiger partial charge is 0.301 e. The molecule has 1 fully saturated rings. The van der Waals surface area contributed by atoms with Crippen molar-refractivity contribution in [3.63, 3.8) is 0 Å². The molecule has 2 N–H and O–H groups in total. The molecular formula is C10H14N3O4P. The lowest BCUT2D eigenvalue weighted by atomic mass is 10.1. The van der Waals surface area contributed by atoms with E-state index in [9.17, 15) is 14.7 Å². The molecule has 0 saturated carbocycles. The molecule has 0 amide bonds. The van der Waals surface area contributed by atoms with Crippen molar-refractivity contribution in [2.45, 2.75) is 13.5 Å². The minimum atomic E-state index is -3.27. The van der Waals surface area contributed by atoms with Gasteiger partial charge in [-0.05, 0) is 18.6 Å². The van der Waals surface area contributed by atoms with Gasteiger partial charge in [-0.3, -0.25) is 14.7 Å². The van der Waals surface area contributed by atoms with Gasteiger partial charge >= 0.3 is 7.67 Å². The van der Waals surface area contributed by atoms with Crippen LogP contribution in [0.15, 0.2) is 18.2 Å².